The normalized spacial score (nSPS) is 24.4. The second-order valence-corrected chi connectivity index (χ2v) is 8.03. The van der Waals surface area contributed by atoms with Crippen LogP contribution in [-0.2, 0) is 23.4 Å². The van der Waals surface area contributed by atoms with Crippen molar-refractivity contribution < 1.29 is 38.5 Å². The number of carboxylic acids is 1. The average Bonchev–Trinajstić information content (AvgIpc) is 3.23. The zero-order valence-electron chi connectivity index (χ0n) is 15.4. The topological polar surface area (TPSA) is 238 Å². The number of amides is 1. The third-order valence-corrected chi connectivity index (χ3v) is 5.30. The van der Waals surface area contributed by atoms with Gasteiger partial charge < -0.3 is 31.3 Å². The second kappa shape index (κ2) is 8.59. The van der Waals surface area contributed by atoms with Crippen LogP contribution in [0.5, 0.6) is 0 Å². The largest absolute Gasteiger partial charge is 0.481 e. The van der Waals surface area contributed by atoms with E-state index in [0.717, 1.165) is 0 Å². The molecule has 8 N–H and O–H groups in total. The van der Waals surface area contributed by atoms with Gasteiger partial charge >= 0.3 is 13.7 Å². The molecule has 0 aliphatic carbocycles. The molecule has 1 unspecified atom stereocenters. The second-order valence-electron chi connectivity index (χ2n) is 6.51. The highest BCUT2D eigenvalue weighted by molar-refractivity contribution is 7.51. The molecular formula is C14H20N7O8P. The Kier molecular flexibility index (Phi) is 6.30. The standard InChI is InChI=1S/C14H20N7O8P/c15-6(1-10(23)24)14(25)20-30(26,27)28-3-8-7(22)2-9(29-8)21-5-19-11-12(16)17-4-18-13(11)21/h4-9,22H,1-3,15H2,(H,23,24)(H2,16,17,18)(H2,20,25,26,27)/t6-,7-,8+,9-/m0/s1. The molecule has 15 nitrogen and oxygen atoms in total. The molecule has 0 bridgehead atoms. The summed E-state index contributed by atoms with van der Waals surface area (Å²) < 4.78 is 24.0. The summed E-state index contributed by atoms with van der Waals surface area (Å²) in [5.41, 5.74) is 11.8. The lowest BCUT2D eigenvalue weighted by Crippen LogP contribution is -2.41. The summed E-state index contributed by atoms with van der Waals surface area (Å²) in [6, 6.07) is -1.53. The van der Waals surface area contributed by atoms with Crippen LogP contribution in [0.25, 0.3) is 11.2 Å². The van der Waals surface area contributed by atoms with Gasteiger partial charge in [-0.15, -0.1) is 0 Å². The molecule has 5 atom stereocenters. The van der Waals surface area contributed by atoms with Crippen molar-refractivity contribution in [3.8, 4) is 0 Å². The SMILES string of the molecule is Nc1ncnc2c1ncn2[C@@H]1C[C@H](O)[C@@H](COP(=O)(O)NC(=O)[C@@H](N)CC(=O)O)O1. The van der Waals surface area contributed by atoms with Gasteiger partial charge in [0.1, 0.15) is 24.2 Å². The fourth-order valence-corrected chi connectivity index (χ4v) is 3.68. The van der Waals surface area contributed by atoms with Gasteiger partial charge in [0.25, 0.3) is 0 Å². The van der Waals surface area contributed by atoms with Crippen LogP contribution < -0.4 is 16.6 Å². The maximum Gasteiger partial charge on any atom is 0.432 e. The van der Waals surface area contributed by atoms with Gasteiger partial charge in [-0.25, -0.2) is 19.5 Å². The van der Waals surface area contributed by atoms with Gasteiger partial charge in [-0.1, -0.05) is 0 Å². The third-order valence-electron chi connectivity index (χ3n) is 4.30. The molecule has 16 heteroatoms. The predicted molar refractivity (Wildman–Crippen MR) is 98.4 cm³/mol. The van der Waals surface area contributed by atoms with E-state index in [1.165, 1.54) is 17.2 Å². The van der Waals surface area contributed by atoms with Crippen LogP contribution >= 0.6 is 7.75 Å². The Morgan fingerprint density at radius 1 is 1.43 bits per heavy atom. The number of aromatic nitrogens is 4. The van der Waals surface area contributed by atoms with Crippen LogP contribution in [0, 0.1) is 0 Å². The lowest BCUT2D eigenvalue weighted by atomic mass is 10.2. The Bertz CT molecular complexity index is 1000. The summed E-state index contributed by atoms with van der Waals surface area (Å²) in [5.74, 6) is -2.34. The van der Waals surface area contributed by atoms with E-state index in [4.69, 9.17) is 25.8 Å². The molecule has 2 aromatic heterocycles. The number of nitrogen functional groups attached to an aromatic ring is 1. The Labute approximate surface area is 168 Å². The quantitative estimate of drug-likeness (QED) is 0.243. The van der Waals surface area contributed by atoms with Gasteiger partial charge in [0.2, 0.25) is 5.91 Å². The number of aliphatic hydroxyl groups is 1. The average molecular weight is 445 g/mol. The van der Waals surface area contributed by atoms with Crippen LogP contribution in [0.15, 0.2) is 12.7 Å². The number of carbonyl (C=O) groups excluding carboxylic acids is 1. The van der Waals surface area contributed by atoms with Crippen molar-refractivity contribution in [1.82, 2.24) is 24.6 Å². The Balaban J connectivity index is 1.60. The maximum atomic E-state index is 12.0. The number of nitrogens with one attached hydrogen (secondary N) is 1. The molecule has 0 saturated carbocycles. The Morgan fingerprint density at radius 2 is 2.17 bits per heavy atom. The van der Waals surface area contributed by atoms with Crippen molar-refractivity contribution in [2.24, 2.45) is 5.73 Å². The number of aliphatic carboxylic acids is 1. The first-order valence-electron chi connectivity index (χ1n) is 8.60. The van der Waals surface area contributed by atoms with Crippen molar-refractivity contribution in [3.05, 3.63) is 12.7 Å². The minimum atomic E-state index is -4.67. The first kappa shape index (κ1) is 22.0. The number of hydrogen-bond acceptors (Lipinski definition) is 11. The predicted octanol–water partition coefficient (Wildman–Crippen LogP) is -1.91. The number of nitrogens with zero attached hydrogens (tertiary/aromatic N) is 4. The molecule has 164 valence electrons. The molecule has 2 aromatic rings. The highest BCUT2D eigenvalue weighted by Crippen LogP contribution is 2.39. The molecule has 0 aromatic carbocycles. The fraction of sp³-hybridized carbons (Fsp3) is 0.500. The zero-order valence-corrected chi connectivity index (χ0v) is 16.3. The Hall–Kier alpha value is -2.68. The molecular weight excluding hydrogens is 425 g/mol. The van der Waals surface area contributed by atoms with E-state index in [9.17, 15) is 24.2 Å². The summed E-state index contributed by atoms with van der Waals surface area (Å²) in [6.45, 7) is -0.538. The summed E-state index contributed by atoms with van der Waals surface area (Å²) in [6.07, 6.45) is -0.725. The molecule has 1 aliphatic heterocycles. The highest BCUT2D eigenvalue weighted by Gasteiger charge is 2.38. The first-order valence-corrected chi connectivity index (χ1v) is 10.2. The maximum absolute atomic E-state index is 12.0. The van der Waals surface area contributed by atoms with E-state index in [1.807, 2.05) is 0 Å². The molecule has 0 radical (unpaired) electrons. The van der Waals surface area contributed by atoms with Gasteiger partial charge in [-0.2, -0.15) is 0 Å². The van der Waals surface area contributed by atoms with Gasteiger partial charge in [-0.05, 0) is 0 Å². The zero-order chi connectivity index (χ0) is 22.1. The van der Waals surface area contributed by atoms with E-state index < -0.39 is 57.1 Å². The van der Waals surface area contributed by atoms with Crippen molar-refractivity contribution in [2.45, 2.75) is 37.3 Å². The third kappa shape index (κ3) is 4.89. The van der Waals surface area contributed by atoms with Crippen molar-refractivity contribution in [3.63, 3.8) is 0 Å². The molecule has 30 heavy (non-hydrogen) atoms. The number of carbonyl (C=O) groups is 2. The molecule has 1 saturated heterocycles. The summed E-state index contributed by atoms with van der Waals surface area (Å²) in [7, 11) is -4.67. The van der Waals surface area contributed by atoms with Gasteiger partial charge in [0, 0.05) is 6.42 Å². The summed E-state index contributed by atoms with van der Waals surface area (Å²) >= 11 is 0. The summed E-state index contributed by atoms with van der Waals surface area (Å²) in [4.78, 5) is 44.0. The van der Waals surface area contributed by atoms with E-state index in [2.05, 4.69) is 15.0 Å². The van der Waals surface area contributed by atoms with E-state index >= 15 is 0 Å². The smallest absolute Gasteiger partial charge is 0.432 e. The van der Waals surface area contributed by atoms with Crippen LogP contribution in [0.4, 0.5) is 5.82 Å². The molecule has 1 aliphatic rings. The van der Waals surface area contributed by atoms with Crippen LogP contribution in [0.2, 0.25) is 0 Å². The van der Waals surface area contributed by atoms with E-state index in [0.29, 0.717) is 11.2 Å². The fourth-order valence-electron chi connectivity index (χ4n) is 2.83. The Morgan fingerprint density at radius 3 is 2.87 bits per heavy atom. The number of rotatable bonds is 8. The van der Waals surface area contributed by atoms with Crippen molar-refractivity contribution >= 4 is 36.6 Å². The number of nitrogens with two attached hydrogens (primary N) is 2. The minimum absolute atomic E-state index is 0.106. The number of aliphatic hydroxyl groups excluding tert-OH is 1. The number of ether oxygens (including phenoxy) is 1. The van der Waals surface area contributed by atoms with E-state index in [1.54, 1.807) is 5.09 Å². The molecule has 1 fully saturated rings. The molecule has 3 heterocycles. The summed E-state index contributed by atoms with van der Waals surface area (Å²) in [5, 5.41) is 20.5. The molecule has 3 rings (SSSR count). The van der Waals surface area contributed by atoms with Crippen LogP contribution in [-0.4, -0.2) is 71.4 Å². The number of anilines is 1. The lowest BCUT2D eigenvalue weighted by Gasteiger charge is -2.19. The molecule has 0 spiro atoms. The number of carboxylic acid groups (broad SMARTS) is 1. The number of hydrogen-bond donors (Lipinski definition) is 6. The van der Waals surface area contributed by atoms with Crippen LogP contribution in [0.3, 0.4) is 0 Å². The van der Waals surface area contributed by atoms with Crippen molar-refractivity contribution in [2.75, 3.05) is 12.3 Å². The van der Waals surface area contributed by atoms with Gasteiger partial charge in [0.15, 0.2) is 11.5 Å². The van der Waals surface area contributed by atoms with E-state index in [-0.39, 0.29) is 12.2 Å². The first-order chi connectivity index (χ1) is 14.1. The highest BCUT2D eigenvalue weighted by atomic mass is 31.2. The monoisotopic (exact) mass is 445 g/mol. The number of imidazole rings is 1. The van der Waals surface area contributed by atoms with Gasteiger partial charge in [-0.3, -0.25) is 23.8 Å². The number of fused-ring (bicyclic) bond motifs is 1. The molecule has 1 amide bonds. The van der Waals surface area contributed by atoms with Gasteiger partial charge in [0.05, 0.1) is 31.5 Å². The van der Waals surface area contributed by atoms with Crippen LogP contribution in [0.1, 0.15) is 19.1 Å². The minimum Gasteiger partial charge on any atom is -0.481 e. The van der Waals surface area contributed by atoms with Crippen molar-refractivity contribution in [1.29, 1.82) is 0 Å². The lowest BCUT2D eigenvalue weighted by molar-refractivity contribution is -0.139.